The Labute approximate surface area is 60.6 Å². The molecule has 0 rings (SSSR count). The van der Waals surface area contributed by atoms with E-state index >= 15 is 0 Å². The number of nitrogens with two attached hydrogens (primary N) is 2. The van der Waals surface area contributed by atoms with Gasteiger partial charge in [0.1, 0.15) is 12.6 Å². The van der Waals surface area contributed by atoms with Crippen LogP contribution in [0.5, 0.6) is 0 Å². The third kappa shape index (κ3) is 5.40. The van der Waals surface area contributed by atoms with E-state index in [0.717, 1.165) is 0 Å². The van der Waals surface area contributed by atoms with Gasteiger partial charge in [-0.3, -0.25) is 0 Å². The van der Waals surface area contributed by atoms with Crippen LogP contribution in [0.4, 0.5) is 0 Å². The lowest BCUT2D eigenvalue weighted by atomic mass is 10.1. The van der Waals surface area contributed by atoms with E-state index in [1.54, 1.807) is 0 Å². The fraction of sp³-hybridized carbons (Fsp3) is 0.667. The Bertz CT molecular complexity index is 93.9. The molecule has 0 aromatic carbocycles. The number of hydrogen-bond donors (Lipinski definition) is 2. The third-order valence-electron chi connectivity index (χ3n) is 0.894. The van der Waals surface area contributed by atoms with Crippen molar-refractivity contribution in [3.8, 4) is 0 Å². The van der Waals surface area contributed by atoms with E-state index in [4.69, 9.17) is 11.5 Å². The van der Waals surface area contributed by atoms with Crippen molar-refractivity contribution in [3.63, 3.8) is 0 Å². The lowest BCUT2D eigenvalue weighted by Crippen LogP contribution is -2.33. The second-order valence-electron chi connectivity index (χ2n) is 1.84. The smallest absolute Gasteiger partial charge is 0.136 e. The molecule has 0 aliphatic carbocycles. The maximum atomic E-state index is 9.86. The summed E-state index contributed by atoms with van der Waals surface area (Å²) in [6.45, 7) is 0. The first-order valence-corrected chi connectivity index (χ1v) is 2.62. The van der Waals surface area contributed by atoms with Crippen LogP contribution >= 0.6 is 0 Å². The monoisotopic (exact) mass is 146 g/mol. The van der Waals surface area contributed by atoms with Gasteiger partial charge in [0.25, 0.3) is 0 Å². The summed E-state index contributed by atoms with van der Waals surface area (Å²) in [6.07, 6.45) is 1.37. The number of aldehydes is 2. The minimum atomic E-state index is -0.606. The average molecular weight is 146 g/mol. The summed E-state index contributed by atoms with van der Waals surface area (Å²) in [5.41, 5.74) is 10.3. The molecule has 4 heteroatoms. The first kappa shape index (κ1) is 12.0. The highest BCUT2D eigenvalue weighted by molar-refractivity contribution is 5.62. The number of carbonyl (C=O) groups is 2. The summed E-state index contributed by atoms with van der Waals surface area (Å²) in [6, 6.07) is -1.21. The standard InChI is InChI=1S/C5H10N2O2.CH4/c6-4(2-8)1-5(7)3-9;/h2-5H,1,6-7H2;1H4. The molecule has 2 atom stereocenters. The molecule has 0 bridgehead atoms. The largest absolute Gasteiger partial charge is 0.322 e. The maximum Gasteiger partial charge on any atom is 0.136 e. The average Bonchev–Trinajstić information content (AvgIpc) is 1.87. The third-order valence-corrected chi connectivity index (χ3v) is 0.894. The van der Waals surface area contributed by atoms with Gasteiger partial charge in [0, 0.05) is 0 Å². The highest BCUT2D eigenvalue weighted by Gasteiger charge is 2.05. The molecule has 4 N–H and O–H groups in total. The number of hydrogen-bond acceptors (Lipinski definition) is 4. The molecule has 60 valence electrons. The molecule has 0 saturated heterocycles. The summed E-state index contributed by atoms with van der Waals surface area (Å²) < 4.78 is 0. The molecular weight excluding hydrogens is 132 g/mol. The molecule has 0 aromatic rings. The fourth-order valence-corrected chi connectivity index (χ4v) is 0.425. The lowest BCUT2D eigenvalue weighted by Gasteiger charge is -2.04. The van der Waals surface area contributed by atoms with Crippen LogP contribution in [0.3, 0.4) is 0 Å². The van der Waals surface area contributed by atoms with Gasteiger partial charge in [0.2, 0.25) is 0 Å². The van der Waals surface area contributed by atoms with E-state index in [9.17, 15) is 9.59 Å². The summed E-state index contributed by atoms with van der Waals surface area (Å²) in [4.78, 5) is 19.7. The molecule has 0 radical (unpaired) electrons. The van der Waals surface area contributed by atoms with E-state index in [2.05, 4.69) is 0 Å². The highest BCUT2D eigenvalue weighted by Crippen LogP contribution is 1.85. The van der Waals surface area contributed by atoms with Gasteiger partial charge in [-0.2, -0.15) is 0 Å². The zero-order valence-electron chi connectivity index (χ0n) is 4.99. The van der Waals surface area contributed by atoms with Gasteiger partial charge >= 0.3 is 0 Å². The van der Waals surface area contributed by atoms with Crippen molar-refractivity contribution >= 4 is 12.6 Å². The zero-order chi connectivity index (χ0) is 7.28. The minimum Gasteiger partial charge on any atom is -0.322 e. The van der Waals surface area contributed by atoms with Crippen molar-refractivity contribution in [2.24, 2.45) is 11.5 Å². The second kappa shape index (κ2) is 6.38. The van der Waals surface area contributed by atoms with Crippen molar-refractivity contribution in [2.45, 2.75) is 25.9 Å². The van der Waals surface area contributed by atoms with Crippen LogP contribution in [0, 0.1) is 0 Å². The Balaban J connectivity index is 0. The van der Waals surface area contributed by atoms with Gasteiger partial charge < -0.3 is 21.1 Å². The van der Waals surface area contributed by atoms with Gasteiger partial charge in [-0.25, -0.2) is 0 Å². The van der Waals surface area contributed by atoms with Crippen LogP contribution in [0.1, 0.15) is 13.8 Å². The zero-order valence-corrected chi connectivity index (χ0v) is 4.99. The van der Waals surface area contributed by atoms with Crippen LogP contribution in [-0.4, -0.2) is 24.7 Å². The predicted octanol–water partition coefficient (Wildman–Crippen LogP) is -0.935. The molecule has 0 amide bonds. The topological polar surface area (TPSA) is 86.2 Å². The SMILES string of the molecule is C.NC(C=O)CC(N)C=O. The van der Waals surface area contributed by atoms with Crippen LogP contribution in [0.25, 0.3) is 0 Å². The molecular formula is C6H14N2O2. The first-order valence-electron chi connectivity index (χ1n) is 2.62. The molecule has 0 aliphatic heterocycles. The van der Waals surface area contributed by atoms with Gasteiger partial charge in [0.15, 0.2) is 0 Å². The summed E-state index contributed by atoms with van der Waals surface area (Å²) in [7, 11) is 0. The van der Waals surface area contributed by atoms with E-state index in [1.807, 2.05) is 0 Å². The molecule has 4 nitrogen and oxygen atoms in total. The fourth-order valence-electron chi connectivity index (χ4n) is 0.425. The van der Waals surface area contributed by atoms with Crippen LogP contribution in [0.15, 0.2) is 0 Å². The summed E-state index contributed by atoms with van der Waals surface area (Å²) in [5, 5.41) is 0. The van der Waals surface area contributed by atoms with Crippen molar-refractivity contribution < 1.29 is 9.59 Å². The van der Waals surface area contributed by atoms with Crippen molar-refractivity contribution in [1.82, 2.24) is 0 Å². The Hall–Kier alpha value is -0.740. The Morgan fingerprint density at radius 1 is 1.10 bits per heavy atom. The Morgan fingerprint density at radius 3 is 1.60 bits per heavy atom. The van der Waals surface area contributed by atoms with Crippen LogP contribution in [0.2, 0.25) is 0 Å². The van der Waals surface area contributed by atoms with Crippen molar-refractivity contribution in [2.75, 3.05) is 0 Å². The quantitative estimate of drug-likeness (QED) is 0.501. The summed E-state index contributed by atoms with van der Waals surface area (Å²) in [5.74, 6) is 0. The minimum absolute atomic E-state index is 0. The molecule has 0 aromatic heterocycles. The number of carbonyl (C=O) groups excluding carboxylic acids is 2. The maximum absolute atomic E-state index is 9.86. The first-order chi connectivity index (χ1) is 4.20. The molecule has 0 aliphatic rings. The van der Waals surface area contributed by atoms with Crippen LogP contribution < -0.4 is 11.5 Å². The van der Waals surface area contributed by atoms with Gasteiger partial charge in [0.05, 0.1) is 12.1 Å². The van der Waals surface area contributed by atoms with E-state index < -0.39 is 12.1 Å². The van der Waals surface area contributed by atoms with E-state index in [1.165, 1.54) is 0 Å². The van der Waals surface area contributed by atoms with Gasteiger partial charge in [-0.15, -0.1) is 0 Å². The van der Waals surface area contributed by atoms with Gasteiger partial charge in [-0.1, -0.05) is 7.43 Å². The molecule has 2 unspecified atom stereocenters. The van der Waals surface area contributed by atoms with Crippen LogP contribution in [-0.2, 0) is 9.59 Å². The predicted molar refractivity (Wildman–Crippen MR) is 39.4 cm³/mol. The summed E-state index contributed by atoms with van der Waals surface area (Å²) >= 11 is 0. The second-order valence-corrected chi connectivity index (χ2v) is 1.84. The molecule has 0 spiro atoms. The molecule has 0 saturated carbocycles. The molecule has 0 fully saturated rings. The Morgan fingerprint density at radius 2 is 1.40 bits per heavy atom. The van der Waals surface area contributed by atoms with Crippen molar-refractivity contribution in [1.29, 1.82) is 0 Å². The molecule has 0 heterocycles. The molecule has 10 heavy (non-hydrogen) atoms. The normalized spacial score (nSPS) is 14.6. The lowest BCUT2D eigenvalue weighted by molar-refractivity contribution is -0.110. The van der Waals surface area contributed by atoms with E-state index in [0.29, 0.717) is 12.6 Å². The van der Waals surface area contributed by atoms with Gasteiger partial charge in [-0.05, 0) is 6.42 Å². The van der Waals surface area contributed by atoms with Crippen molar-refractivity contribution in [3.05, 3.63) is 0 Å². The Kier molecular flexibility index (Phi) is 7.65. The number of rotatable bonds is 4. The van der Waals surface area contributed by atoms with E-state index in [-0.39, 0.29) is 13.8 Å². The highest BCUT2D eigenvalue weighted by atomic mass is 16.1.